The van der Waals surface area contributed by atoms with E-state index in [2.05, 4.69) is 19.2 Å². The lowest BCUT2D eigenvalue weighted by atomic mass is 9.84. The SMILES string of the molecule is Cc1ccc(F)cc1C(=O)N1CC2CNCC2C1(C)C. The summed E-state index contributed by atoms with van der Waals surface area (Å²) in [6, 6.07) is 4.44. The number of fused-ring (bicyclic) bond motifs is 1. The van der Waals surface area contributed by atoms with E-state index >= 15 is 0 Å². The summed E-state index contributed by atoms with van der Waals surface area (Å²) >= 11 is 0. The summed E-state index contributed by atoms with van der Waals surface area (Å²) < 4.78 is 13.4. The van der Waals surface area contributed by atoms with Gasteiger partial charge in [-0.1, -0.05) is 6.07 Å². The second-order valence-corrected chi connectivity index (χ2v) is 6.55. The van der Waals surface area contributed by atoms with Gasteiger partial charge in [-0.3, -0.25) is 4.79 Å². The zero-order valence-electron chi connectivity index (χ0n) is 12.2. The molecule has 2 unspecified atom stereocenters. The molecule has 3 nitrogen and oxygen atoms in total. The van der Waals surface area contributed by atoms with Crippen LogP contribution in [0, 0.1) is 24.6 Å². The summed E-state index contributed by atoms with van der Waals surface area (Å²) in [7, 11) is 0. The molecule has 1 aromatic carbocycles. The number of nitrogens with one attached hydrogen (secondary N) is 1. The van der Waals surface area contributed by atoms with E-state index in [1.807, 2.05) is 11.8 Å². The molecule has 0 radical (unpaired) electrons. The van der Waals surface area contributed by atoms with Crippen LogP contribution in [-0.2, 0) is 0 Å². The summed E-state index contributed by atoms with van der Waals surface area (Å²) in [4.78, 5) is 14.7. The Morgan fingerprint density at radius 3 is 2.85 bits per heavy atom. The van der Waals surface area contributed by atoms with Crippen LogP contribution >= 0.6 is 0 Å². The van der Waals surface area contributed by atoms with Gasteiger partial charge in [0.05, 0.1) is 0 Å². The predicted octanol–water partition coefficient (Wildman–Crippen LogP) is 2.20. The Labute approximate surface area is 119 Å². The summed E-state index contributed by atoms with van der Waals surface area (Å²) in [5.74, 6) is 0.613. The maximum Gasteiger partial charge on any atom is 0.254 e. The fraction of sp³-hybridized carbons (Fsp3) is 0.562. The molecule has 2 aliphatic rings. The summed E-state index contributed by atoms with van der Waals surface area (Å²) in [6.45, 7) is 8.80. The Balaban J connectivity index is 1.93. The van der Waals surface area contributed by atoms with Gasteiger partial charge >= 0.3 is 0 Å². The molecule has 2 heterocycles. The molecule has 1 N–H and O–H groups in total. The van der Waals surface area contributed by atoms with Crippen molar-refractivity contribution in [1.82, 2.24) is 10.2 Å². The normalized spacial score (nSPS) is 27.7. The van der Waals surface area contributed by atoms with Crippen LogP contribution in [0.1, 0.15) is 29.8 Å². The highest BCUT2D eigenvalue weighted by atomic mass is 19.1. The van der Waals surface area contributed by atoms with Gasteiger partial charge in [0.15, 0.2) is 0 Å². The number of rotatable bonds is 1. The zero-order valence-corrected chi connectivity index (χ0v) is 12.2. The molecule has 2 aliphatic heterocycles. The van der Waals surface area contributed by atoms with E-state index in [0.29, 0.717) is 17.4 Å². The van der Waals surface area contributed by atoms with E-state index in [4.69, 9.17) is 0 Å². The highest BCUT2D eigenvalue weighted by Crippen LogP contribution is 2.41. The van der Waals surface area contributed by atoms with Gasteiger partial charge in [-0.2, -0.15) is 0 Å². The lowest BCUT2D eigenvalue weighted by molar-refractivity contribution is 0.0602. The number of aryl methyl sites for hydroxylation is 1. The first-order valence-electron chi connectivity index (χ1n) is 7.20. The van der Waals surface area contributed by atoms with E-state index in [9.17, 15) is 9.18 Å². The van der Waals surface area contributed by atoms with Gasteiger partial charge in [0.1, 0.15) is 5.82 Å². The fourth-order valence-corrected chi connectivity index (χ4v) is 3.74. The molecule has 0 saturated carbocycles. The third-order valence-electron chi connectivity index (χ3n) is 5.04. The van der Waals surface area contributed by atoms with Crippen molar-refractivity contribution in [3.8, 4) is 0 Å². The molecule has 1 amide bonds. The molecule has 4 heteroatoms. The number of nitrogens with zero attached hydrogens (tertiary/aromatic N) is 1. The van der Waals surface area contributed by atoms with Gasteiger partial charge in [0.25, 0.3) is 5.91 Å². The Morgan fingerprint density at radius 2 is 2.15 bits per heavy atom. The minimum atomic E-state index is -0.349. The molecule has 2 saturated heterocycles. The van der Waals surface area contributed by atoms with Gasteiger partial charge in [0, 0.05) is 30.7 Å². The summed E-state index contributed by atoms with van der Waals surface area (Å²) in [6.07, 6.45) is 0. The molecule has 108 valence electrons. The number of benzene rings is 1. The minimum absolute atomic E-state index is 0.0404. The standard InChI is InChI=1S/C16H21FN2O/c1-10-4-5-12(17)6-13(10)15(20)19-9-11-7-18-8-14(11)16(19,2)3/h4-6,11,14,18H,7-9H2,1-3H3. The largest absolute Gasteiger partial charge is 0.333 e. The number of carbonyl (C=O) groups is 1. The molecule has 2 fully saturated rings. The van der Waals surface area contributed by atoms with Crippen molar-refractivity contribution in [2.45, 2.75) is 26.3 Å². The Morgan fingerprint density at radius 1 is 1.40 bits per heavy atom. The second kappa shape index (κ2) is 4.55. The van der Waals surface area contributed by atoms with Crippen LogP contribution in [0.2, 0.25) is 0 Å². The highest BCUT2D eigenvalue weighted by Gasteiger charge is 2.51. The van der Waals surface area contributed by atoms with Crippen molar-refractivity contribution < 1.29 is 9.18 Å². The summed E-state index contributed by atoms with van der Waals surface area (Å²) in [5.41, 5.74) is 1.15. The Kier molecular flexibility index (Phi) is 3.09. The predicted molar refractivity (Wildman–Crippen MR) is 76.1 cm³/mol. The van der Waals surface area contributed by atoms with Crippen molar-refractivity contribution in [3.63, 3.8) is 0 Å². The second-order valence-electron chi connectivity index (χ2n) is 6.55. The van der Waals surface area contributed by atoms with E-state index in [-0.39, 0.29) is 17.3 Å². The highest BCUT2D eigenvalue weighted by molar-refractivity contribution is 5.96. The average Bonchev–Trinajstić information content (AvgIpc) is 2.94. The third kappa shape index (κ3) is 1.94. The molecule has 3 rings (SSSR count). The number of halogens is 1. The number of hydrogen-bond donors (Lipinski definition) is 1. The Hall–Kier alpha value is -1.42. The lowest BCUT2D eigenvalue weighted by Gasteiger charge is -2.36. The van der Waals surface area contributed by atoms with Crippen LogP contribution in [-0.4, -0.2) is 36.0 Å². The number of amides is 1. The smallest absolute Gasteiger partial charge is 0.254 e. The fourth-order valence-electron chi connectivity index (χ4n) is 3.74. The van der Waals surface area contributed by atoms with Gasteiger partial charge in [-0.15, -0.1) is 0 Å². The third-order valence-corrected chi connectivity index (χ3v) is 5.04. The van der Waals surface area contributed by atoms with Gasteiger partial charge in [0.2, 0.25) is 0 Å². The molecule has 20 heavy (non-hydrogen) atoms. The van der Waals surface area contributed by atoms with Crippen molar-refractivity contribution in [1.29, 1.82) is 0 Å². The van der Waals surface area contributed by atoms with Crippen LogP contribution in [0.5, 0.6) is 0 Å². The van der Waals surface area contributed by atoms with Crippen LogP contribution in [0.4, 0.5) is 4.39 Å². The Bertz CT molecular complexity index is 555. The molecule has 0 aliphatic carbocycles. The quantitative estimate of drug-likeness (QED) is 0.853. The molecule has 0 aromatic heterocycles. The maximum atomic E-state index is 13.4. The van der Waals surface area contributed by atoms with Gasteiger partial charge in [-0.25, -0.2) is 4.39 Å². The molecule has 0 spiro atoms. The van der Waals surface area contributed by atoms with Crippen LogP contribution in [0.25, 0.3) is 0 Å². The van der Waals surface area contributed by atoms with Crippen LogP contribution < -0.4 is 5.32 Å². The molecule has 2 atom stereocenters. The van der Waals surface area contributed by atoms with Crippen LogP contribution in [0.15, 0.2) is 18.2 Å². The number of carbonyl (C=O) groups excluding carboxylic acids is 1. The minimum Gasteiger partial charge on any atom is -0.333 e. The van der Waals surface area contributed by atoms with Crippen LogP contribution in [0.3, 0.4) is 0 Å². The van der Waals surface area contributed by atoms with E-state index < -0.39 is 0 Å². The molecular formula is C16H21FN2O. The molecule has 1 aromatic rings. The first-order chi connectivity index (χ1) is 9.41. The monoisotopic (exact) mass is 276 g/mol. The molecule has 0 bridgehead atoms. The zero-order chi connectivity index (χ0) is 14.5. The topological polar surface area (TPSA) is 32.3 Å². The molecular weight excluding hydrogens is 255 g/mol. The van der Waals surface area contributed by atoms with Gasteiger partial charge in [-0.05, 0) is 50.3 Å². The maximum absolute atomic E-state index is 13.4. The van der Waals surface area contributed by atoms with E-state index in [1.165, 1.54) is 12.1 Å². The van der Waals surface area contributed by atoms with E-state index in [0.717, 1.165) is 25.2 Å². The first kappa shape index (κ1) is 13.6. The van der Waals surface area contributed by atoms with Crippen molar-refractivity contribution in [2.75, 3.05) is 19.6 Å². The van der Waals surface area contributed by atoms with Crippen molar-refractivity contribution in [3.05, 3.63) is 35.1 Å². The summed E-state index contributed by atoms with van der Waals surface area (Å²) in [5, 5.41) is 3.40. The average molecular weight is 276 g/mol. The number of hydrogen-bond acceptors (Lipinski definition) is 2. The van der Waals surface area contributed by atoms with E-state index in [1.54, 1.807) is 6.07 Å². The van der Waals surface area contributed by atoms with Gasteiger partial charge < -0.3 is 10.2 Å². The van der Waals surface area contributed by atoms with Crippen molar-refractivity contribution in [2.24, 2.45) is 11.8 Å². The first-order valence-corrected chi connectivity index (χ1v) is 7.20. The number of likely N-dealkylation sites (tertiary alicyclic amines) is 1. The van der Waals surface area contributed by atoms with Crippen molar-refractivity contribution >= 4 is 5.91 Å². The lowest BCUT2D eigenvalue weighted by Crippen LogP contribution is -2.47.